The fourth-order valence-corrected chi connectivity index (χ4v) is 5.53. The molecule has 0 amide bonds. The fourth-order valence-electron chi connectivity index (χ4n) is 4.60. The Hall–Kier alpha value is -3.42. The highest BCUT2D eigenvalue weighted by Crippen LogP contribution is 2.52. The monoisotopic (exact) mass is 804 g/mol. The molecule has 0 spiro atoms. The lowest BCUT2D eigenvalue weighted by Crippen LogP contribution is -2.54. The Morgan fingerprint density at radius 2 is 0.652 bits per heavy atom. The molecule has 0 saturated carbocycles. The van der Waals surface area contributed by atoms with Crippen LogP contribution < -0.4 is 21.4 Å². The van der Waals surface area contributed by atoms with E-state index >= 15 is 17.6 Å². The van der Waals surface area contributed by atoms with Gasteiger partial charge < -0.3 is 19.9 Å². The van der Waals surface area contributed by atoms with Crippen LogP contribution in [0.3, 0.4) is 0 Å². The van der Waals surface area contributed by atoms with Crippen LogP contribution in [0.4, 0.5) is 61.5 Å². The van der Waals surface area contributed by atoms with Crippen LogP contribution in [0.2, 0.25) is 0 Å². The van der Waals surface area contributed by atoms with Crippen molar-refractivity contribution in [3.8, 4) is 0 Å². The summed E-state index contributed by atoms with van der Waals surface area (Å²) in [4.78, 5) is 8.92. The van der Waals surface area contributed by atoms with Crippen LogP contribution in [0.5, 0.6) is 0 Å². The number of fused-ring (bicyclic) bond motifs is 8. The van der Waals surface area contributed by atoms with Gasteiger partial charge in [-0.3, -0.25) is 0 Å². The first-order valence-electron chi connectivity index (χ1n) is 12.2. The minimum absolute atomic E-state index is 0.303. The minimum atomic E-state index is -6.70. The Kier molecular flexibility index (Phi) is 7.78. The topological polar surface area (TPSA) is 63.2 Å². The van der Waals surface area contributed by atoms with Gasteiger partial charge in [-0.05, 0) is 80.4 Å². The molecule has 5 rings (SSSR count). The molecule has 0 radical (unpaired) electrons. The van der Waals surface area contributed by atoms with Crippen molar-refractivity contribution in [1.29, 1.82) is 0 Å². The molecular weight excluding hydrogens is 794 g/mol. The second-order valence-electron chi connectivity index (χ2n) is 9.81. The Balaban J connectivity index is 1.92. The maximum atomic E-state index is 15.3. The van der Waals surface area contributed by atoms with Crippen molar-refractivity contribution in [2.75, 3.05) is 0 Å². The Labute approximate surface area is 261 Å². The van der Waals surface area contributed by atoms with Crippen molar-refractivity contribution in [2.45, 2.75) is 36.0 Å². The molecule has 4 aromatic rings. The second kappa shape index (κ2) is 10.5. The fraction of sp³-hybridized carbons (Fsp3) is 0.231. The maximum absolute atomic E-state index is 15.3. The quantitative estimate of drug-likeness (QED) is 0.171. The van der Waals surface area contributed by atoms with E-state index in [0.29, 0.717) is 24.3 Å². The van der Waals surface area contributed by atoms with Gasteiger partial charge in [0, 0.05) is 0 Å². The molecule has 8 bridgehead atoms. The van der Waals surface area contributed by atoms with Crippen molar-refractivity contribution in [2.24, 2.45) is 0 Å². The van der Waals surface area contributed by atoms with Crippen LogP contribution in [0.1, 0.15) is 22.8 Å². The summed E-state index contributed by atoms with van der Waals surface area (Å²) in [7, 11) is 0. The zero-order valence-corrected chi connectivity index (χ0v) is 24.8. The second-order valence-corrected chi connectivity index (χ2v) is 11.4. The molecule has 0 unspecified atom stereocenters. The first kappa shape index (κ1) is 33.9. The van der Waals surface area contributed by atoms with Crippen molar-refractivity contribution >= 4 is 52.0 Å². The van der Waals surface area contributed by atoms with Gasteiger partial charge in [0.15, 0.2) is 0 Å². The Morgan fingerprint density at radius 3 is 0.957 bits per heavy atom. The highest BCUT2D eigenvalue weighted by Gasteiger charge is 2.75. The summed E-state index contributed by atoms with van der Waals surface area (Å²) >= 11 is 5.94. The van der Waals surface area contributed by atoms with Crippen LogP contribution >= 0.6 is 31.9 Å². The molecule has 4 N–H and O–H groups in total. The van der Waals surface area contributed by atoms with Gasteiger partial charge in [0.25, 0.3) is 0 Å². The van der Waals surface area contributed by atoms with E-state index in [-0.39, 0.29) is 31.1 Å². The van der Waals surface area contributed by atoms with Gasteiger partial charge in [-0.2, -0.15) is 61.5 Å². The number of nitrogens with one attached hydrogen (secondary N) is 4. The average Bonchev–Trinajstić information content (AvgIpc) is 3.74. The maximum Gasteiger partial charge on any atom is 0.460 e. The number of alkyl halides is 14. The summed E-state index contributed by atoms with van der Waals surface area (Å²) in [5.74, 6) is -25.0. The molecule has 4 nitrogen and oxygen atoms in total. The van der Waals surface area contributed by atoms with E-state index < -0.39 is 69.3 Å². The molecule has 1 aliphatic rings. The summed E-state index contributed by atoms with van der Waals surface area (Å²) < 4.78 is 197. The van der Waals surface area contributed by atoms with Gasteiger partial charge in [-0.25, -0.2) is 0 Å². The van der Waals surface area contributed by atoms with E-state index in [0.717, 1.165) is 24.3 Å². The third kappa shape index (κ3) is 5.02. The van der Waals surface area contributed by atoms with Crippen LogP contribution in [-0.4, -0.2) is 56.0 Å². The zero-order chi connectivity index (χ0) is 34.4. The molecule has 46 heavy (non-hydrogen) atoms. The molecule has 20 heteroatoms. The first-order valence-corrected chi connectivity index (χ1v) is 13.8. The molecular formula is C26H12Br2F14N4. The van der Waals surface area contributed by atoms with Gasteiger partial charge >= 0.3 is 36.0 Å². The average molecular weight is 806 g/mol. The Bertz CT molecular complexity index is 1920. The van der Waals surface area contributed by atoms with E-state index in [1.165, 1.54) is 0 Å². The number of aromatic amines is 4. The zero-order valence-electron chi connectivity index (χ0n) is 21.7. The van der Waals surface area contributed by atoms with Gasteiger partial charge in [0.2, 0.25) is 0 Å². The van der Waals surface area contributed by atoms with Crippen LogP contribution in [-0.2, 0) is 0 Å². The normalized spacial score (nSPS) is 15.7. The summed E-state index contributed by atoms with van der Waals surface area (Å²) in [6.45, 7) is 0. The SMILES string of the molecule is FC(F)(F)C(F)(F)C(F)(F)C1=c2ccc([nH]2)=C(Br)c2ccc([nH]2)C(C(F)(F)C(F)(F)C(F)(F)F)=c2ccc([nH]2)=C(Br)c2ccc1[nH]2. The number of hydrogen-bond donors (Lipinski definition) is 4. The predicted molar refractivity (Wildman–Crippen MR) is 141 cm³/mol. The highest BCUT2D eigenvalue weighted by molar-refractivity contribution is 9.15. The summed E-state index contributed by atoms with van der Waals surface area (Å²) in [5.41, 5.74) is -6.26. The third-order valence-electron chi connectivity index (χ3n) is 6.90. The lowest BCUT2D eigenvalue weighted by molar-refractivity contribution is -0.339. The smallest absolute Gasteiger partial charge is 0.354 e. The van der Waals surface area contributed by atoms with E-state index in [4.69, 9.17) is 0 Å². The van der Waals surface area contributed by atoms with Crippen molar-refractivity contribution in [3.05, 3.63) is 92.7 Å². The van der Waals surface area contributed by atoms with E-state index in [1.54, 1.807) is 0 Å². The largest absolute Gasteiger partial charge is 0.460 e. The van der Waals surface area contributed by atoms with Gasteiger partial charge in [-0.15, -0.1) is 0 Å². The Morgan fingerprint density at radius 1 is 0.370 bits per heavy atom. The van der Waals surface area contributed by atoms with Gasteiger partial charge in [0.05, 0.1) is 64.3 Å². The predicted octanol–water partition coefficient (Wildman–Crippen LogP) is 6.48. The third-order valence-corrected chi connectivity index (χ3v) is 8.60. The molecule has 0 saturated heterocycles. The van der Waals surface area contributed by atoms with Crippen LogP contribution in [0.15, 0.2) is 48.5 Å². The molecule has 4 aromatic heterocycles. The van der Waals surface area contributed by atoms with E-state index in [9.17, 15) is 43.9 Å². The number of aromatic nitrogens is 4. The highest BCUT2D eigenvalue weighted by atomic mass is 79.9. The first-order chi connectivity index (χ1) is 20.9. The molecule has 5 heterocycles. The van der Waals surface area contributed by atoms with Crippen LogP contribution in [0, 0.1) is 0 Å². The lowest BCUT2D eigenvalue weighted by Gasteiger charge is -2.29. The molecule has 248 valence electrons. The number of hydrogen-bond acceptors (Lipinski definition) is 0. The van der Waals surface area contributed by atoms with Gasteiger partial charge in [0.1, 0.15) is 0 Å². The van der Waals surface area contributed by atoms with E-state index in [2.05, 4.69) is 51.8 Å². The molecule has 0 fully saturated rings. The van der Waals surface area contributed by atoms with E-state index in [1.807, 2.05) is 0 Å². The number of H-pyrrole nitrogens is 4. The molecule has 0 atom stereocenters. The standard InChI is InChI=1S/C26H12Br2F14N4/c27-19-13-5-1-9(43-13)17(21(29,30)23(33,34)25(37,38)39)10-2-6-15(44-10)20(28)16-8-4-12(46-16)18(11-3-7-14(19)45-11)22(31,32)24(35,36)26(40,41)42/h1-8,43-46H. The molecule has 0 aliphatic carbocycles. The summed E-state index contributed by atoms with van der Waals surface area (Å²) in [5, 5.41) is -2.60. The number of halogens is 16. The minimum Gasteiger partial charge on any atom is -0.354 e. The molecule has 0 aromatic carbocycles. The lowest BCUT2D eigenvalue weighted by atomic mass is 9.98. The van der Waals surface area contributed by atoms with Crippen molar-refractivity contribution in [3.63, 3.8) is 0 Å². The van der Waals surface area contributed by atoms with Gasteiger partial charge in [-0.1, -0.05) is 0 Å². The van der Waals surface area contributed by atoms with Crippen molar-refractivity contribution < 1.29 is 61.5 Å². The van der Waals surface area contributed by atoms with Crippen LogP contribution in [0.25, 0.3) is 20.1 Å². The number of rotatable bonds is 4. The summed E-state index contributed by atoms with van der Waals surface area (Å²) in [6.07, 6.45) is -13.4. The molecule has 1 aliphatic heterocycles. The van der Waals surface area contributed by atoms with Crippen molar-refractivity contribution in [1.82, 2.24) is 19.9 Å². The summed E-state index contributed by atoms with van der Waals surface area (Å²) in [6, 6.07) is 6.50.